The van der Waals surface area contributed by atoms with Crippen LogP contribution in [0.5, 0.6) is 0 Å². The number of hydrogen-bond donors (Lipinski definition) is 3. The van der Waals surface area contributed by atoms with Gasteiger partial charge in [-0.05, 0) is 37.5 Å². The Hall–Kier alpha value is -1.94. The van der Waals surface area contributed by atoms with Crippen molar-refractivity contribution >= 4 is 39.5 Å². The minimum atomic E-state index is -4.94. The van der Waals surface area contributed by atoms with Crippen LogP contribution in [-0.4, -0.2) is 96.7 Å². The summed E-state index contributed by atoms with van der Waals surface area (Å²) in [5.74, 6) is -0.639. The number of unbranched alkanes of at least 4 members (excludes halogenated alkanes) is 33. The summed E-state index contributed by atoms with van der Waals surface area (Å²) in [6, 6.07) is 0. The summed E-state index contributed by atoms with van der Waals surface area (Å²) in [5, 5.41) is 10.5. The molecule has 0 rings (SSSR count). The molecule has 0 aliphatic carbocycles. The summed E-state index contributed by atoms with van der Waals surface area (Å²) in [7, 11) is -9.88. The smallest absolute Gasteiger partial charge is 0.462 e. The van der Waals surface area contributed by atoms with Crippen LogP contribution in [0.1, 0.15) is 318 Å². The predicted octanol–water partition coefficient (Wildman–Crippen LogP) is 17.7. The zero-order chi connectivity index (χ0) is 61.5. The van der Waals surface area contributed by atoms with Gasteiger partial charge < -0.3 is 33.8 Å². The van der Waals surface area contributed by atoms with Crippen LogP contribution >= 0.6 is 15.6 Å². The number of aliphatic hydroxyl groups is 1. The number of aliphatic hydroxyl groups excluding tert-OH is 1. The molecular formula is C64H124O17P2. The van der Waals surface area contributed by atoms with Crippen LogP contribution in [0.2, 0.25) is 0 Å². The molecule has 2 unspecified atom stereocenters. The lowest BCUT2D eigenvalue weighted by Crippen LogP contribution is -2.30. The number of phosphoric ester groups is 2. The second kappa shape index (κ2) is 56.6. The number of carbonyl (C=O) groups excluding carboxylic acids is 4. The van der Waals surface area contributed by atoms with Crippen molar-refractivity contribution in [1.82, 2.24) is 0 Å². The number of rotatable bonds is 63. The third-order valence-corrected chi connectivity index (χ3v) is 16.6. The average molecular weight is 1230 g/mol. The van der Waals surface area contributed by atoms with E-state index in [1.54, 1.807) is 0 Å². The molecule has 83 heavy (non-hydrogen) atoms. The Bertz CT molecular complexity index is 1630. The Morgan fingerprint density at radius 2 is 0.554 bits per heavy atom. The van der Waals surface area contributed by atoms with Crippen molar-refractivity contribution in [2.75, 3.05) is 39.6 Å². The van der Waals surface area contributed by atoms with Gasteiger partial charge in [-0.15, -0.1) is 0 Å². The minimum absolute atomic E-state index is 0.105. The van der Waals surface area contributed by atoms with E-state index in [-0.39, 0.29) is 25.7 Å². The molecule has 0 spiro atoms. The van der Waals surface area contributed by atoms with E-state index >= 15 is 0 Å². The van der Waals surface area contributed by atoms with E-state index in [4.69, 9.17) is 37.0 Å². The fourth-order valence-corrected chi connectivity index (χ4v) is 11.1. The summed E-state index contributed by atoms with van der Waals surface area (Å²) < 4.78 is 67.9. The highest BCUT2D eigenvalue weighted by Gasteiger charge is 2.30. The molecule has 0 aromatic rings. The molecule has 0 saturated heterocycles. The number of carbonyl (C=O) groups is 4. The third kappa shape index (κ3) is 58.8. The normalized spacial score (nSPS) is 14.3. The Balaban J connectivity index is 5.23. The first-order valence-electron chi connectivity index (χ1n) is 33.5. The molecule has 0 saturated carbocycles. The van der Waals surface area contributed by atoms with Crippen molar-refractivity contribution < 1.29 is 80.2 Å². The Labute approximate surface area is 505 Å². The first kappa shape index (κ1) is 81.1. The lowest BCUT2D eigenvalue weighted by atomic mass is 10.0. The van der Waals surface area contributed by atoms with E-state index in [1.165, 1.54) is 135 Å². The number of ether oxygens (including phenoxy) is 4. The lowest BCUT2D eigenvalue weighted by molar-refractivity contribution is -0.161. The number of hydrogen-bond acceptors (Lipinski definition) is 15. The largest absolute Gasteiger partial charge is 0.472 e. The van der Waals surface area contributed by atoms with Crippen molar-refractivity contribution in [3.05, 3.63) is 0 Å². The molecular weight excluding hydrogens is 1100 g/mol. The molecule has 0 amide bonds. The van der Waals surface area contributed by atoms with Crippen LogP contribution < -0.4 is 0 Å². The minimum Gasteiger partial charge on any atom is -0.462 e. The first-order chi connectivity index (χ1) is 39.9. The van der Waals surface area contributed by atoms with Gasteiger partial charge in [0.1, 0.15) is 19.3 Å². The number of phosphoric acid groups is 2. The Morgan fingerprint density at radius 1 is 0.325 bits per heavy atom. The van der Waals surface area contributed by atoms with Gasteiger partial charge in [-0.25, -0.2) is 9.13 Å². The van der Waals surface area contributed by atoms with Crippen molar-refractivity contribution in [3.8, 4) is 0 Å². The molecule has 17 nitrogen and oxygen atoms in total. The maximum absolute atomic E-state index is 13.0. The molecule has 0 aliphatic rings. The molecule has 0 aromatic heterocycles. The fourth-order valence-electron chi connectivity index (χ4n) is 9.53. The molecule has 0 aromatic carbocycles. The summed E-state index contributed by atoms with van der Waals surface area (Å²) in [5.41, 5.74) is 0. The third-order valence-electron chi connectivity index (χ3n) is 14.7. The predicted molar refractivity (Wildman–Crippen MR) is 331 cm³/mol. The summed E-state index contributed by atoms with van der Waals surface area (Å²) in [6.45, 7) is 9.44. The van der Waals surface area contributed by atoms with Crippen LogP contribution in [0, 0.1) is 11.8 Å². The molecule has 19 heteroatoms. The first-order valence-corrected chi connectivity index (χ1v) is 36.5. The highest BCUT2D eigenvalue weighted by atomic mass is 31.2. The van der Waals surface area contributed by atoms with Gasteiger partial charge in [-0.2, -0.15) is 0 Å². The molecule has 0 aliphatic heterocycles. The molecule has 0 fully saturated rings. The zero-order valence-electron chi connectivity index (χ0n) is 53.5. The molecule has 0 heterocycles. The van der Waals surface area contributed by atoms with Gasteiger partial charge in [0, 0.05) is 25.7 Å². The van der Waals surface area contributed by atoms with E-state index in [0.717, 1.165) is 102 Å². The van der Waals surface area contributed by atoms with Crippen molar-refractivity contribution in [1.29, 1.82) is 0 Å². The van der Waals surface area contributed by atoms with Crippen molar-refractivity contribution in [2.24, 2.45) is 11.8 Å². The van der Waals surface area contributed by atoms with Gasteiger partial charge in [0.15, 0.2) is 12.2 Å². The molecule has 0 radical (unpaired) electrons. The quantitative estimate of drug-likeness (QED) is 0.0222. The van der Waals surface area contributed by atoms with E-state index < -0.39 is 97.5 Å². The van der Waals surface area contributed by atoms with E-state index in [0.29, 0.717) is 25.7 Å². The van der Waals surface area contributed by atoms with Crippen molar-refractivity contribution in [2.45, 2.75) is 336 Å². The van der Waals surface area contributed by atoms with Crippen molar-refractivity contribution in [3.63, 3.8) is 0 Å². The van der Waals surface area contributed by atoms with Crippen LogP contribution in [0.25, 0.3) is 0 Å². The number of esters is 4. The van der Waals surface area contributed by atoms with Crippen LogP contribution in [0.4, 0.5) is 0 Å². The molecule has 492 valence electrons. The maximum Gasteiger partial charge on any atom is 0.472 e. The van der Waals surface area contributed by atoms with E-state index in [1.807, 2.05) is 0 Å². The molecule has 0 bridgehead atoms. The molecule has 3 N–H and O–H groups in total. The van der Waals surface area contributed by atoms with Crippen LogP contribution in [0.15, 0.2) is 0 Å². The highest BCUT2D eigenvalue weighted by molar-refractivity contribution is 7.47. The zero-order valence-corrected chi connectivity index (χ0v) is 55.3. The topological polar surface area (TPSA) is 237 Å². The Kier molecular flexibility index (Phi) is 55.2. The van der Waals surface area contributed by atoms with Crippen LogP contribution in [0.3, 0.4) is 0 Å². The standard InChI is InChI=1S/C64H124O17P2/c1-7-9-11-13-15-20-28-34-40-46-61(66)74-52-59(80-63(68)48-42-36-30-21-16-14-12-10-8-2)54-78-82(70,71)76-50-58(65)51-77-83(72,73)79-55-60(53-75-62(67)47-41-35-29-25-19-23-27-33-39-45-57(5)6)81-64(69)49-43-37-31-24-18-17-22-26-32-38-44-56(3)4/h56-60,65H,7-55H2,1-6H3,(H,70,71)(H,72,73)/t58-,59+,60+/m0/s1. The fraction of sp³-hybridized carbons (Fsp3) is 0.938. The maximum atomic E-state index is 13.0. The van der Waals surface area contributed by atoms with Gasteiger partial charge in [0.25, 0.3) is 0 Å². The monoisotopic (exact) mass is 1230 g/mol. The second-order valence-electron chi connectivity index (χ2n) is 24.1. The summed E-state index contributed by atoms with van der Waals surface area (Å²) >= 11 is 0. The van der Waals surface area contributed by atoms with Crippen LogP contribution in [-0.2, 0) is 65.4 Å². The van der Waals surface area contributed by atoms with Gasteiger partial charge in [0.2, 0.25) is 0 Å². The lowest BCUT2D eigenvalue weighted by Gasteiger charge is -2.21. The van der Waals surface area contributed by atoms with Gasteiger partial charge in [0.05, 0.1) is 26.4 Å². The second-order valence-corrected chi connectivity index (χ2v) is 27.0. The van der Waals surface area contributed by atoms with E-state index in [2.05, 4.69) is 41.5 Å². The van der Waals surface area contributed by atoms with Gasteiger partial charge >= 0.3 is 39.5 Å². The Morgan fingerprint density at radius 3 is 0.819 bits per heavy atom. The SMILES string of the molecule is CCCCCCCCCCCC(=O)OC[C@H](COP(=O)(O)OC[C@H](O)COP(=O)(O)OC[C@@H](COC(=O)CCCCCCCCCCCC(C)C)OC(=O)CCCCCCCCCCCCC(C)C)OC(=O)CCCCCCCCCCC. The average Bonchev–Trinajstić information content (AvgIpc) is 3.45. The summed E-state index contributed by atoms with van der Waals surface area (Å²) in [4.78, 5) is 72.1. The van der Waals surface area contributed by atoms with Gasteiger partial charge in [-0.1, -0.05) is 266 Å². The van der Waals surface area contributed by atoms with Gasteiger partial charge in [-0.3, -0.25) is 37.3 Å². The van der Waals surface area contributed by atoms with E-state index in [9.17, 15) is 43.2 Å². The molecule has 5 atom stereocenters. The summed E-state index contributed by atoms with van der Waals surface area (Å²) in [6.07, 6.45) is 38.9. The highest BCUT2D eigenvalue weighted by Crippen LogP contribution is 2.45.